The van der Waals surface area contributed by atoms with E-state index in [0.717, 1.165) is 31.2 Å². The molecule has 1 N–H and O–H groups in total. The van der Waals surface area contributed by atoms with Gasteiger partial charge in [0.05, 0.1) is 10.6 Å². The van der Waals surface area contributed by atoms with Crippen LogP contribution in [0.25, 0.3) is 0 Å². The second-order valence-corrected chi connectivity index (χ2v) is 6.90. The number of anilines is 1. The standard InChI is InChI=1S/C14H16FNO3S/c1-20(18,19)11-7-8-12(15)13(9-11)16-14(17)10-5-3-2-4-6-10/h2-3,7-10H,4-6H2,1H3,(H,16,17). The minimum absolute atomic E-state index is 0.0160. The minimum atomic E-state index is -3.43. The van der Waals surface area contributed by atoms with Gasteiger partial charge < -0.3 is 5.32 Å². The van der Waals surface area contributed by atoms with Crippen molar-refractivity contribution in [3.8, 4) is 0 Å². The Kier molecular flexibility index (Phi) is 4.23. The number of rotatable bonds is 3. The molecule has 0 aliphatic heterocycles. The minimum Gasteiger partial charge on any atom is -0.323 e. The lowest BCUT2D eigenvalue weighted by molar-refractivity contribution is -0.120. The van der Waals surface area contributed by atoms with Crippen LogP contribution < -0.4 is 5.32 Å². The lowest BCUT2D eigenvalue weighted by Gasteiger charge is -2.17. The first kappa shape index (κ1) is 14.7. The van der Waals surface area contributed by atoms with Crippen molar-refractivity contribution in [1.82, 2.24) is 0 Å². The Labute approximate surface area is 117 Å². The lowest BCUT2D eigenvalue weighted by atomic mass is 9.93. The molecule has 0 bridgehead atoms. The molecule has 0 radical (unpaired) electrons. The maximum atomic E-state index is 13.7. The van der Waals surface area contributed by atoms with Crippen LogP contribution in [0.15, 0.2) is 35.2 Å². The Bertz CT molecular complexity index is 652. The molecule has 1 atom stereocenters. The lowest BCUT2D eigenvalue weighted by Crippen LogP contribution is -2.24. The molecule has 0 saturated carbocycles. The van der Waals surface area contributed by atoms with Crippen LogP contribution in [-0.2, 0) is 14.6 Å². The summed E-state index contributed by atoms with van der Waals surface area (Å²) in [4.78, 5) is 12.0. The van der Waals surface area contributed by atoms with Gasteiger partial charge in [0.25, 0.3) is 0 Å². The molecule has 0 spiro atoms. The molecular weight excluding hydrogens is 281 g/mol. The number of nitrogens with one attached hydrogen (secondary N) is 1. The summed E-state index contributed by atoms with van der Waals surface area (Å²) >= 11 is 0. The number of halogens is 1. The van der Waals surface area contributed by atoms with Crippen LogP contribution in [-0.4, -0.2) is 20.6 Å². The molecule has 1 aliphatic carbocycles. The predicted molar refractivity (Wildman–Crippen MR) is 74.6 cm³/mol. The summed E-state index contributed by atoms with van der Waals surface area (Å²) in [6.07, 6.45) is 7.14. The van der Waals surface area contributed by atoms with Crippen molar-refractivity contribution in [1.29, 1.82) is 0 Å². The van der Waals surface area contributed by atoms with E-state index in [0.29, 0.717) is 6.42 Å². The summed E-state index contributed by atoms with van der Waals surface area (Å²) in [6, 6.07) is 3.39. The van der Waals surface area contributed by atoms with E-state index in [1.807, 2.05) is 12.2 Å². The van der Waals surface area contributed by atoms with Gasteiger partial charge in [0.2, 0.25) is 5.91 Å². The number of benzene rings is 1. The van der Waals surface area contributed by atoms with Crippen LogP contribution in [0.5, 0.6) is 0 Å². The molecule has 0 fully saturated rings. The van der Waals surface area contributed by atoms with E-state index < -0.39 is 15.7 Å². The first-order valence-electron chi connectivity index (χ1n) is 6.33. The third-order valence-electron chi connectivity index (χ3n) is 3.26. The maximum absolute atomic E-state index is 13.7. The molecule has 1 amide bonds. The summed E-state index contributed by atoms with van der Waals surface area (Å²) in [6.45, 7) is 0. The Morgan fingerprint density at radius 2 is 2.10 bits per heavy atom. The first-order valence-corrected chi connectivity index (χ1v) is 8.22. The van der Waals surface area contributed by atoms with E-state index in [-0.39, 0.29) is 22.4 Å². The van der Waals surface area contributed by atoms with Crippen LogP contribution in [0, 0.1) is 11.7 Å². The fourth-order valence-corrected chi connectivity index (χ4v) is 2.74. The smallest absolute Gasteiger partial charge is 0.227 e. The van der Waals surface area contributed by atoms with Gasteiger partial charge >= 0.3 is 0 Å². The number of carbonyl (C=O) groups excluding carboxylic acids is 1. The number of carbonyl (C=O) groups is 1. The Morgan fingerprint density at radius 1 is 1.35 bits per heavy atom. The van der Waals surface area contributed by atoms with E-state index in [1.54, 1.807) is 0 Å². The van der Waals surface area contributed by atoms with Crippen LogP contribution in [0.3, 0.4) is 0 Å². The zero-order valence-corrected chi connectivity index (χ0v) is 11.9. The summed E-state index contributed by atoms with van der Waals surface area (Å²) in [5, 5.41) is 2.48. The average Bonchev–Trinajstić information content (AvgIpc) is 2.41. The van der Waals surface area contributed by atoms with Crippen LogP contribution in [0.1, 0.15) is 19.3 Å². The molecule has 1 aliphatic rings. The highest BCUT2D eigenvalue weighted by molar-refractivity contribution is 7.90. The molecule has 0 heterocycles. The van der Waals surface area contributed by atoms with Crippen molar-refractivity contribution < 1.29 is 17.6 Å². The molecule has 108 valence electrons. The largest absolute Gasteiger partial charge is 0.323 e. The summed E-state index contributed by atoms with van der Waals surface area (Å²) in [5.74, 6) is -1.11. The van der Waals surface area contributed by atoms with Crippen LogP contribution >= 0.6 is 0 Å². The van der Waals surface area contributed by atoms with Crippen LogP contribution in [0.2, 0.25) is 0 Å². The van der Waals surface area contributed by atoms with Crippen molar-refractivity contribution in [3.05, 3.63) is 36.2 Å². The van der Waals surface area contributed by atoms with Crippen molar-refractivity contribution in [2.45, 2.75) is 24.2 Å². The topological polar surface area (TPSA) is 63.2 Å². The van der Waals surface area contributed by atoms with Gasteiger partial charge in [0, 0.05) is 12.2 Å². The van der Waals surface area contributed by atoms with E-state index in [4.69, 9.17) is 0 Å². The van der Waals surface area contributed by atoms with Gasteiger partial charge in [-0.25, -0.2) is 12.8 Å². The molecule has 1 unspecified atom stereocenters. The molecule has 2 rings (SSSR count). The number of sulfone groups is 1. The highest BCUT2D eigenvalue weighted by Gasteiger charge is 2.20. The third-order valence-corrected chi connectivity index (χ3v) is 4.37. The zero-order valence-electron chi connectivity index (χ0n) is 11.1. The van der Waals surface area contributed by atoms with Gasteiger partial charge in [-0.15, -0.1) is 0 Å². The highest BCUT2D eigenvalue weighted by atomic mass is 32.2. The van der Waals surface area contributed by atoms with Crippen molar-refractivity contribution in [2.24, 2.45) is 5.92 Å². The fraction of sp³-hybridized carbons (Fsp3) is 0.357. The molecule has 0 aromatic heterocycles. The summed E-state index contributed by atoms with van der Waals surface area (Å²) in [5.41, 5.74) is -0.0903. The normalized spacial score (nSPS) is 18.8. The molecule has 6 heteroatoms. The molecule has 0 saturated heterocycles. The maximum Gasteiger partial charge on any atom is 0.227 e. The van der Waals surface area contributed by atoms with Gasteiger partial charge in [-0.3, -0.25) is 4.79 Å². The quantitative estimate of drug-likeness (QED) is 0.689. The Morgan fingerprint density at radius 3 is 2.70 bits per heavy atom. The van der Waals surface area contributed by atoms with Crippen molar-refractivity contribution >= 4 is 21.4 Å². The fourth-order valence-electron chi connectivity index (χ4n) is 2.10. The van der Waals surface area contributed by atoms with E-state index >= 15 is 0 Å². The molecule has 1 aromatic carbocycles. The zero-order chi connectivity index (χ0) is 14.8. The van der Waals surface area contributed by atoms with Gasteiger partial charge in [0.15, 0.2) is 9.84 Å². The first-order chi connectivity index (χ1) is 9.38. The highest BCUT2D eigenvalue weighted by Crippen LogP contribution is 2.23. The van der Waals surface area contributed by atoms with Gasteiger partial charge in [-0.05, 0) is 37.5 Å². The van der Waals surface area contributed by atoms with E-state index in [9.17, 15) is 17.6 Å². The second kappa shape index (κ2) is 5.75. The van der Waals surface area contributed by atoms with Crippen molar-refractivity contribution in [2.75, 3.05) is 11.6 Å². The summed E-state index contributed by atoms with van der Waals surface area (Å²) in [7, 11) is -3.43. The monoisotopic (exact) mass is 297 g/mol. The summed E-state index contributed by atoms with van der Waals surface area (Å²) < 4.78 is 36.5. The van der Waals surface area contributed by atoms with Gasteiger partial charge in [-0.2, -0.15) is 0 Å². The molecule has 20 heavy (non-hydrogen) atoms. The second-order valence-electron chi connectivity index (χ2n) is 4.88. The SMILES string of the molecule is CS(=O)(=O)c1ccc(F)c(NC(=O)C2CC=CCC2)c1. The Balaban J connectivity index is 2.20. The molecule has 1 aromatic rings. The average molecular weight is 297 g/mol. The third kappa shape index (κ3) is 3.45. The number of amides is 1. The van der Waals surface area contributed by atoms with E-state index in [1.165, 1.54) is 6.07 Å². The van der Waals surface area contributed by atoms with Gasteiger partial charge in [-0.1, -0.05) is 12.2 Å². The van der Waals surface area contributed by atoms with Crippen LogP contribution in [0.4, 0.5) is 10.1 Å². The number of allylic oxidation sites excluding steroid dienone is 2. The molecule has 4 nitrogen and oxygen atoms in total. The van der Waals surface area contributed by atoms with E-state index in [2.05, 4.69) is 5.32 Å². The molecular formula is C14H16FNO3S. The number of hydrogen-bond acceptors (Lipinski definition) is 3. The van der Waals surface area contributed by atoms with Crippen molar-refractivity contribution in [3.63, 3.8) is 0 Å². The number of hydrogen-bond donors (Lipinski definition) is 1. The van der Waals surface area contributed by atoms with Gasteiger partial charge in [0.1, 0.15) is 5.82 Å². The Hall–Kier alpha value is -1.69. The predicted octanol–water partition coefficient (Wildman–Crippen LogP) is 2.52.